The highest BCUT2D eigenvalue weighted by Gasteiger charge is 2.13. The van der Waals surface area contributed by atoms with E-state index in [9.17, 15) is 0 Å². The highest BCUT2D eigenvalue weighted by Crippen LogP contribution is 2.22. The van der Waals surface area contributed by atoms with Crippen LogP contribution in [0.2, 0.25) is 0 Å². The molecule has 0 bridgehead atoms. The molecule has 0 radical (unpaired) electrons. The molecule has 0 aliphatic heterocycles. The Morgan fingerprint density at radius 2 is 1.89 bits per heavy atom. The molecule has 0 aliphatic rings. The molecule has 0 fully saturated rings. The molecular formula is C7H16N2. The molecule has 0 unspecified atom stereocenters. The number of nitrogens with two attached hydrogens (primary N) is 2. The fourth-order valence-corrected chi connectivity index (χ4v) is 0.624. The van der Waals surface area contributed by atoms with Gasteiger partial charge in [0, 0.05) is 6.54 Å². The Balaban J connectivity index is 4.14. The van der Waals surface area contributed by atoms with Crippen molar-refractivity contribution in [3.8, 4) is 0 Å². The third-order valence-corrected chi connectivity index (χ3v) is 1.38. The molecule has 0 amide bonds. The fourth-order valence-electron chi connectivity index (χ4n) is 0.624. The normalized spacial score (nSPS) is 14.0. The SMILES string of the molecule is CC(C)(C)/C(=C\N)CN. The van der Waals surface area contributed by atoms with Crippen LogP contribution in [0.1, 0.15) is 20.8 Å². The lowest BCUT2D eigenvalue weighted by Gasteiger charge is -2.20. The Kier molecular flexibility index (Phi) is 2.71. The monoisotopic (exact) mass is 128 g/mol. The number of hydrogen-bond donors (Lipinski definition) is 2. The first-order valence-electron chi connectivity index (χ1n) is 3.13. The zero-order valence-corrected chi connectivity index (χ0v) is 6.44. The maximum atomic E-state index is 5.42. The van der Waals surface area contributed by atoms with Gasteiger partial charge < -0.3 is 11.5 Å². The maximum Gasteiger partial charge on any atom is 0.0159 e. The summed E-state index contributed by atoms with van der Waals surface area (Å²) in [6.07, 6.45) is 1.60. The fraction of sp³-hybridized carbons (Fsp3) is 0.714. The van der Waals surface area contributed by atoms with E-state index in [1.54, 1.807) is 6.20 Å². The predicted octanol–water partition coefficient (Wildman–Crippen LogP) is 0.834. The van der Waals surface area contributed by atoms with Crippen LogP contribution in [0.5, 0.6) is 0 Å². The first kappa shape index (κ1) is 8.50. The lowest BCUT2D eigenvalue weighted by Crippen LogP contribution is -2.18. The number of rotatable bonds is 1. The molecule has 0 aliphatic carbocycles. The van der Waals surface area contributed by atoms with Gasteiger partial charge in [-0.15, -0.1) is 0 Å². The summed E-state index contributed by atoms with van der Waals surface area (Å²) in [6, 6.07) is 0. The quantitative estimate of drug-likeness (QED) is 0.549. The third kappa shape index (κ3) is 2.51. The van der Waals surface area contributed by atoms with Crippen LogP contribution in [0.3, 0.4) is 0 Å². The van der Waals surface area contributed by atoms with E-state index in [0.717, 1.165) is 5.57 Å². The molecule has 0 aromatic heterocycles. The maximum absolute atomic E-state index is 5.42. The Morgan fingerprint density at radius 3 is 1.89 bits per heavy atom. The van der Waals surface area contributed by atoms with Gasteiger partial charge in [0.05, 0.1) is 0 Å². The van der Waals surface area contributed by atoms with Crippen molar-refractivity contribution in [2.45, 2.75) is 20.8 Å². The summed E-state index contributed by atoms with van der Waals surface area (Å²) in [7, 11) is 0. The van der Waals surface area contributed by atoms with E-state index in [-0.39, 0.29) is 5.41 Å². The first-order chi connectivity index (χ1) is 4.02. The van der Waals surface area contributed by atoms with Gasteiger partial charge in [-0.2, -0.15) is 0 Å². The molecule has 0 spiro atoms. The van der Waals surface area contributed by atoms with Crippen LogP contribution in [0, 0.1) is 5.41 Å². The summed E-state index contributed by atoms with van der Waals surface area (Å²) in [5.41, 5.74) is 12.0. The largest absolute Gasteiger partial charge is 0.405 e. The minimum absolute atomic E-state index is 0.128. The van der Waals surface area contributed by atoms with E-state index in [4.69, 9.17) is 11.5 Å². The van der Waals surface area contributed by atoms with Crippen LogP contribution in [0.4, 0.5) is 0 Å². The topological polar surface area (TPSA) is 52.0 Å². The summed E-state index contributed by atoms with van der Waals surface area (Å²) in [5, 5.41) is 0. The highest BCUT2D eigenvalue weighted by molar-refractivity contribution is 5.10. The summed E-state index contributed by atoms with van der Waals surface area (Å²) in [6.45, 7) is 6.84. The van der Waals surface area contributed by atoms with Crippen molar-refractivity contribution >= 4 is 0 Å². The van der Waals surface area contributed by atoms with Crippen LogP contribution in [-0.2, 0) is 0 Å². The molecule has 0 saturated heterocycles. The van der Waals surface area contributed by atoms with Crippen molar-refractivity contribution in [3.63, 3.8) is 0 Å². The molecule has 54 valence electrons. The predicted molar refractivity (Wildman–Crippen MR) is 40.8 cm³/mol. The summed E-state index contributed by atoms with van der Waals surface area (Å²) in [4.78, 5) is 0. The zero-order chi connectivity index (χ0) is 7.49. The molecule has 4 N–H and O–H groups in total. The highest BCUT2D eigenvalue weighted by atomic mass is 14.6. The van der Waals surface area contributed by atoms with Gasteiger partial charge in [0.15, 0.2) is 0 Å². The van der Waals surface area contributed by atoms with E-state index in [2.05, 4.69) is 20.8 Å². The number of hydrogen-bond acceptors (Lipinski definition) is 2. The van der Waals surface area contributed by atoms with Crippen molar-refractivity contribution in [1.82, 2.24) is 0 Å². The molecule has 9 heavy (non-hydrogen) atoms. The van der Waals surface area contributed by atoms with Gasteiger partial charge in [-0.1, -0.05) is 20.8 Å². The van der Waals surface area contributed by atoms with Crippen molar-refractivity contribution in [3.05, 3.63) is 11.8 Å². The zero-order valence-electron chi connectivity index (χ0n) is 6.44. The van der Waals surface area contributed by atoms with Crippen molar-refractivity contribution in [2.75, 3.05) is 6.54 Å². The molecular weight excluding hydrogens is 112 g/mol. The summed E-state index contributed by atoms with van der Waals surface area (Å²) < 4.78 is 0. The molecule has 0 atom stereocenters. The van der Waals surface area contributed by atoms with Gasteiger partial charge in [0.1, 0.15) is 0 Å². The molecule has 0 rings (SSSR count). The first-order valence-corrected chi connectivity index (χ1v) is 3.13. The summed E-state index contributed by atoms with van der Waals surface area (Å²) in [5.74, 6) is 0. The third-order valence-electron chi connectivity index (χ3n) is 1.38. The van der Waals surface area contributed by atoms with Gasteiger partial charge in [0.25, 0.3) is 0 Å². The Bertz CT molecular complexity index is 109. The second-order valence-corrected chi connectivity index (χ2v) is 3.15. The van der Waals surface area contributed by atoms with Crippen LogP contribution >= 0.6 is 0 Å². The minimum Gasteiger partial charge on any atom is -0.405 e. The second-order valence-electron chi connectivity index (χ2n) is 3.15. The van der Waals surface area contributed by atoms with Gasteiger partial charge >= 0.3 is 0 Å². The lowest BCUT2D eigenvalue weighted by atomic mass is 9.87. The average molecular weight is 128 g/mol. The molecule has 0 aromatic rings. The van der Waals surface area contributed by atoms with E-state index < -0.39 is 0 Å². The van der Waals surface area contributed by atoms with Gasteiger partial charge in [-0.25, -0.2) is 0 Å². The van der Waals surface area contributed by atoms with Crippen LogP contribution in [0.15, 0.2) is 11.8 Å². The Hall–Kier alpha value is -0.500. The standard InChI is InChI=1S/C7H16N2/c1-7(2,3)6(4-8)5-9/h4H,5,8-9H2,1-3H3/b6-4-. The van der Waals surface area contributed by atoms with E-state index in [1.807, 2.05) is 0 Å². The van der Waals surface area contributed by atoms with Gasteiger partial charge in [-0.3, -0.25) is 0 Å². The molecule has 0 aromatic carbocycles. The van der Waals surface area contributed by atoms with Crippen LogP contribution in [0.25, 0.3) is 0 Å². The van der Waals surface area contributed by atoms with Crippen molar-refractivity contribution in [2.24, 2.45) is 16.9 Å². The van der Waals surface area contributed by atoms with E-state index >= 15 is 0 Å². The van der Waals surface area contributed by atoms with Gasteiger partial charge in [-0.05, 0) is 17.2 Å². The van der Waals surface area contributed by atoms with Gasteiger partial charge in [0.2, 0.25) is 0 Å². The second kappa shape index (κ2) is 2.87. The van der Waals surface area contributed by atoms with Crippen molar-refractivity contribution < 1.29 is 0 Å². The van der Waals surface area contributed by atoms with Crippen LogP contribution in [-0.4, -0.2) is 6.54 Å². The average Bonchev–Trinajstić information content (AvgIpc) is 1.65. The lowest BCUT2D eigenvalue weighted by molar-refractivity contribution is 0.494. The summed E-state index contributed by atoms with van der Waals surface area (Å²) >= 11 is 0. The Morgan fingerprint density at radius 1 is 1.44 bits per heavy atom. The molecule has 2 nitrogen and oxygen atoms in total. The molecule has 2 heteroatoms. The van der Waals surface area contributed by atoms with Crippen molar-refractivity contribution in [1.29, 1.82) is 0 Å². The Labute approximate surface area is 56.9 Å². The molecule has 0 heterocycles. The van der Waals surface area contributed by atoms with E-state index in [0.29, 0.717) is 6.54 Å². The van der Waals surface area contributed by atoms with E-state index in [1.165, 1.54) is 0 Å². The minimum atomic E-state index is 0.128. The smallest absolute Gasteiger partial charge is 0.0159 e. The van der Waals surface area contributed by atoms with Crippen LogP contribution < -0.4 is 11.5 Å². The molecule has 0 saturated carbocycles.